The smallest absolute Gasteiger partial charge is 0.276 e. The number of pyridine rings is 2. The number of benzene rings is 1. The summed E-state index contributed by atoms with van der Waals surface area (Å²) in [5.74, 6) is -0.548. The highest BCUT2D eigenvalue weighted by molar-refractivity contribution is 5.94. The van der Waals surface area contributed by atoms with Crippen LogP contribution in [0.15, 0.2) is 77.0 Å². The first kappa shape index (κ1) is 17.3. The summed E-state index contributed by atoms with van der Waals surface area (Å²) in [6.45, 7) is 2.41. The van der Waals surface area contributed by atoms with Gasteiger partial charge in [-0.3, -0.25) is 14.6 Å². The lowest BCUT2D eigenvalue weighted by atomic mass is 10.1. The number of nitrogens with one attached hydrogen (secondary N) is 1. The van der Waals surface area contributed by atoms with Crippen molar-refractivity contribution in [2.45, 2.75) is 13.5 Å². The van der Waals surface area contributed by atoms with Gasteiger partial charge in [0, 0.05) is 24.2 Å². The molecular formula is C20H18N4O2. The molecule has 0 bridgehead atoms. The van der Waals surface area contributed by atoms with Crippen LogP contribution < -0.4 is 11.0 Å². The van der Waals surface area contributed by atoms with Gasteiger partial charge in [-0.05, 0) is 30.7 Å². The van der Waals surface area contributed by atoms with E-state index < -0.39 is 5.91 Å². The second-order valence-corrected chi connectivity index (χ2v) is 5.83. The van der Waals surface area contributed by atoms with Crippen LogP contribution in [-0.2, 0) is 6.54 Å². The molecule has 0 saturated heterocycles. The first-order chi connectivity index (χ1) is 12.6. The zero-order valence-corrected chi connectivity index (χ0v) is 14.3. The molecule has 3 rings (SSSR count). The van der Waals surface area contributed by atoms with Crippen molar-refractivity contribution in [2.75, 3.05) is 0 Å². The number of hydrogen-bond donors (Lipinski definition) is 1. The van der Waals surface area contributed by atoms with E-state index in [1.54, 1.807) is 36.8 Å². The van der Waals surface area contributed by atoms with Crippen molar-refractivity contribution in [1.29, 1.82) is 0 Å². The summed E-state index contributed by atoms with van der Waals surface area (Å²) in [4.78, 5) is 28.8. The molecule has 6 nitrogen and oxygen atoms in total. The molecule has 26 heavy (non-hydrogen) atoms. The zero-order valence-electron chi connectivity index (χ0n) is 14.3. The van der Waals surface area contributed by atoms with Crippen molar-refractivity contribution < 1.29 is 4.79 Å². The fraction of sp³-hybridized carbons (Fsp3) is 0.100. The van der Waals surface area contributed by atoms with Crippen LogP contribution >= 0.6 is 0 Å². The first-order valence-corrected chi connectivity index (χ1v) is 8.12. The lowest BCUT2D eigenvalue weighted by Crippen LogP contribution is -2.30. The van der Waals surface area contributed by atoms with Crippen LogP contribution in [0, 0.1) is 6.92 Å². The van der Waals surface area contributed by atoms with Crippen molar-refractivity contribution in [2.24, 2.45) is 5.10 Å². The minimum absolute atomic E-state index is 0.0444. The largest absolute Gasteiger partial charge is 0.310 e. The Hall–Kier alpha value is -3.54. The minimum Gasteiger partial charge on any atom is -0.310 e. The molecule has 0 aliphatic rings. The highest BCUT2D eigenvalue weighted by Crippen LogP contribution is 2.05. The first-order valence-electron chi connectivity index (χ1n) is 8.12. The van der Waals surface area contributed by atoms with Crippen molar-refractivity contribution >= 4 is 12.1 Å². The number of aryl methyl sites for hydroxylation is 1. The lowest BCUT2D eigenvalue weighted by Gasteiger charge is -2.08. The Morgan fingerprint density at radius 2 is 2.00 bits per heavy atom. The summed E-state index contributed by atoms with van der Waals surface area (Å²) < 4.78 is 1.50. The molecule has 1 amide bonds. The third-order valence-electron chi connectivity index (χ3n) is 3.80. The molecule has 0 spiro atoms. The molecule has 2 heterocycles. The van der Waals surface area contributed by atoms with E-state index in [9.17, 15) is 9.59 Å². The van der Waals surface area contributed by atoms with Crippen molar-refractivity contribution in [3.8, 4) is 0 Å². The molecule has 130 valence electrons. The quantitative estimate of drug-likeness (QED) is 0.569. The maximum atomic E-state index is 12.6. The Kier molecular flexibility index (Phi) is 5.34. The van der Waals surface area contributed by atoms with Crippen molar-refractivity contribution in [1.82, 2.24) is 15.0 Å². The van der Waals surface area contributed by atoms with E-state index in [1.165, 1.54) is 16.8 Å². The number of rotatable bonds is 5. The van der Waals surface area contributed by atoms with Crippen molar-refractivity contribution in [3.63, 3.8) is 0 Å². The molecule has 0 saturated carbocycles. The fourth-order valence-electron chi connectivity index (χ4n) is 2.40. The van der Waals surface area contributed by atoms with Gasteiger partial charge < -0.3 is 4.57 Å². The Morgan fingerprint density at radius 1 is 1.19 bits per heavy atom. The molecule has 6 heteroatoms. The number of hydrazone groups is 1. The molecule has 0 atom stereocenters. The van der Waals surface area contributed by atoms with Gasteiger partial charge in [-0.15, -0.1) is 0 Å². The number of amides is 1. The van der Waals surface area contributed by atoms with Gasteiger partial charge in [0.25, 0.3) is 11.5 Å². The van der Waals surface area contributed by atoms with E-state index in [4.69, 9.17) is 0 Å². The predicted molar refractivity (Wildman–Crippen MR) is 100 cm³/mol. The number of hydrogen-bond acceptors (Lipinski definition) is 4. The third kappa shape index (κ3) is 4.30. The van der Waals surface area contributed by atoms with E-state index in [0.717, 1.165) is 16.7 Å². The monoisotopic (exact) mass is 346 g/mol. The summed E-state index contributed by atoms with van der Waals surface area (Å²) in [5.41, 5.74) is 4.95. The molecule has 2 aromatic heterocycles. The Bertz CT molecular complexity index is 977. The van der Waals surface area contributed by atoms with Gasteiger partial charge in [0.1, 0.15) is 5.56 Å². The fourth-order valence-corrected chi connectivity index (χ4v) is 2.40. The topological polar surface area (TPSA) is 76.3 Å². The molecule has 3 aromatic rings. The van der Waals surface area contributed by atoms with Crippen LogP contribution in [0.25, 0.3) is 0 Å². The summed E-state index contributed by atoms with van der Waals surface area (Å²) in [6.07, 6.45) is 6.40. The van der Waals surface area contributed by atoms with Gasteiger partial charge in [-0.1, -0.05) is 35.9 Å². The SMILES string of the molecule is Cc1ccc(Cn2cccc(C(=O)N/N=C\c3cccnc3)c2=O)cc1. The van der Waals surface area contributed by atoms with Gasteiger partial charge in [0.15, 0.2) is 0 Å². The second kappa shape index (κ2) is 8.02. The third-order valence-corrected chi connectivity index (χ3v) is 3.80. The van der Waals surface area contributed by atoms with Gasteiger partial charge in [0.05, 0.1) is 12.8 Å². The number of aromatic nitrogens is 2. The second-order valence-electron chi connectivity index (χ2n) is 5.83. The van der Waals surface area contributed by atoms with Crippen LogP contribution in [0.3, 0.4) is 0 Å². The standard InChI is InChI=1S/C20H18N4O2/c1-15-6-8-16(9-7-15)14-24-11-3-5-18(20(24)26)19(25)23-22-13-17-4-2-10-21-12-17/h2-13H,14H2,1H3,(H,23,25)/b22-13-. The molecule has 0 fully saturated rings. The van der Waals surface area contributed by atoms with E-state index in [0.29, 0.717) is 6.54 Å². The van der Waals surface area contributed by atoms with E-state index in [2.05, 4.69) is 15.5 Å². The summed E-state index contributed by atoms with van der Waals surface area (Å²) in [7, 11) is 0. The van der Waals surface area contributed by atoms with Crippen LogP contribution in [-0.4, -0.2) is 21.7 Å². The maximum Gasteiger partial charge on any atom is 0.276 e. The molecule has 1 aromatic carbocycles. The van der Waals surface area contributed by atoms with E-state index in [-0.39, 0.29) is 11.1 Å². The van der Waals surface area contributed by atoms with Gasteiger partial charge >= 0.3 is 0 Å². The minimum atomic E-state index is -0.548. The predicted octanol–water partition coefficient (Wildman–Crippen LogP) is 2.36. The van der Waals surface area contributed by atoms with Crippen LogP contribution in [0.2, 0.25) is 0 Å². The summed E-state index contributed by atoms with van der Waals surface area (Å²) in [5, 5.41) is 3.87. The van der Waals surface area contributed by atoms with E-state index >= 15 is 0 Å². The van der Waals surface area contributed by atoms with Gasteiger partial charge in [-0.2, -0.15) is 5.10 Å². The Labute approximate surface area is 150 Å². The molecule has 0 aliphatic carbocycles. The molecular weight excluding hydrogens is 328 g/mol. The van der Waals surface area contributed by atoms with E-state index in [1.807, 2.05) is 31.2 Å². The number of carbonyl (C=O) groups excluding carboxylic acids is 1. The molecule has 1 N–H and O–H groups in total. The van der Waals surface area contributed by atoms with Gasteiger partial charge in [-0.25, -0.2) is 5.43 Å². The number of carbonyl (C=O) groups is 1. The summed E-state index contributed by atoms with van der Waals surface area (Å²) >= 11 is 0. The highest BCUT2D eigenvalue weighted by atomic mass is 16.2. The zero-order chi connectivity index (χ0) is 18.4. The van der Waals surface area contributed by atoms with Crippen LogP contribution in [0.1, 0.15) is 27.0 Å². The molecule has 0 aliphatic heterocycles. The van der Waals surface area contributed by atoms with Crippen LogP contribution in [0.5, 0.6) is 0 Å². The van der Waals surface area contributed by atoms with Crippen LogP contribution in [0.4, 0.5) is 0 Å². The average molecular weight is 346 g/mol. The number of nitrogens with zero attached hydrogens (tertiary/aromatic N) is 3. The molecule has 0 radical (unpaired) electrons. The summed E-state index contributed by atoms with van der Waals surface area (Å²) in [6, 6.07) is 14.6. The Morgan fingerprint density at radius 3 is 2.73 bits per heavy atom. The molecule has 0 unspecified atom stereocenters. The van der Waals surface area contributed by atoms with Crippen molar-refractivity contribution in [3.05, 3.63) is 99.7 Å². The highest BCUT2D eigenvalue weighted by Gasteiger charge is 2.11. The lowest BCUT2D eigenvalue weighted by molar-refractivity contribution is 0.0953. The normalized spacial score (nSPS) is 10.8. The maximum absolute atomic E-state index is 12.6. The Balaban J connectivity index is 1.73. The average Bonchev–Trinajstić information content (AvgIpc) is 2.66. The van der Waals surface area contributed by atoms with Gasteiger partial charge in [0.2, 0.25) is 0 Å².